The minimum absolute atomic E-state index is 0.291. The minimum Gasteiger partial charge on any atom is -0.495 e. The van der Waals surface area contributed by atoms with Crippen molar-refractivity contribution < 1.29 is 9.13 Å². The number of imidazole rings is 1. The molecule has 0 unspecified atom stereocenters. The number of aryl methyl sites for hydroxylation is 1. The molecule has 0 saturated carbocycles. The average Bonchev–Trinajstić information content (AvgIpc) is 3.13. The van der Waals surface area contributed by atoms with E-state index in [4.69, 9.17) is 21.3 Å². The van der Waals surface area contributed by atoms with Gasteiger partial charge in [-0.3, -0.25) is 4.90 Å². The molecule has 0 spiro atoms. The molecule has 0 saturated heterocycles. The van der Waals surface area contributed by atoms with Crippen LogP contribution in [0.5, 0.6) is 5.75 Å². The predicted octanol–water partition coefficient (Wildman–Crippen LogP) is 5.03. The molecule has 0 bridgehead atoms. The molecule has 146 valence electrons. The molecule has 4 nitrogen and oxygen atoms in total. The highest BCUT2D eigenvalue weighted by Gasteiger charge is 2.15. The van der Waals surface area contributed by atoms with Gasteiger partial charge in [0.2, 0.25) is 0 Å². The lowest BCUT2D eigenvalue weighted by Crippen LogP contribution is -2.30. The molecule has 1 aromatic carbocycles. The van der Waals surface area contributed by atoms with Crippen LogP contribution in [0.4, 0.5) is 4.39 Å². The second-order valence-electron chi connectivity index (χ2n) is 7.08. The number of alkyl halides is 1. The van der Waals surface area contributed by atoms with E-state index in [0.29, 0.717) is 17.3 Å². The molecule has 0 N–H and O–H groups in total. The summed E-state index contributed by atoms with van der Waals surface area (Å²) in [5.74, 6) is 0.667. The molecule has 3 aromatic rings. The standard InChI is InChI=1S/C22H23ClFN3O/c1-15-11-21(28-2)19(23)13-18(15)20-14-27-9-5-17(12-22(27)25-20)16-3-7-26(8-4-16)10-6-24/h3,5,9,11-14H,4,6-8,10H2,1-2H3. The van der Waals surface area contributed by atoms with Gasteiger partial charge in [0.05, 0.1) is 17.8 Å². The van der Waals surface area contributed by atoms with Crippen molar-refractivity contribution in [3.63, 3.8) is 0 Å². The van der Waals surface area contributed by atoms with Crippen LogP contribution >= 0.6 is 11.6 Å². The van der Waals surface area contributed by atoms with Crippen molar-refractivity contribution in [3.8, 4) is 17.0 Å². The first kappa shape index (κ1) is 19.0. The van der Waals surface area contributed by atoms with Crippen LogP contribution in [0.1, 0.15) is 17.5 Å². The Labute approximate surface area is 169 Å². The van der Waals surface area contributed by atoms with E-state index in [-0.39, 0.29) is 6.67 Å². The lowest BCUT2D eigenvalue weighted by molar-refractivity contribution is 0.270. The van der Waals surface area contributed by atoms with Crippen LogP contribution in [-0.4, -0.2) is 47.7 Å². The maximum absolute atomic E-state index is 12.5. The monoisotopic (exact) mass is 399 g/mol. The number of benzene rings is 1. The van der Waals surface area contributed by atoms with Crippen molar-refractivity contribution in [2.45, 2.75) is 13.3 Å². The third-order valence-electron chi connectivity index (χ3n) is 5.30. The third kappa shape index (κ3) is 3.64. The van der Waals surface area contributed by atoms with Crippen molar-refractivity contribution in [2.24, 2.45) is 0 Å². The topological polar surface area (TPSA) is 29.8 Å². The highest BCUT2D eigenvalue weighted by molar-refractivity contribution is 6.32. The number of pyridine rings is 1. The summed E-state index contributed by atoms with van der Waals surface area (Å²) in [6.45, 7) is 3.94. The number of fused-ring (bicyclic) bond motifs is 1. The first-order valence-electron chi connectivity index (χ1n) is 9.40. The molecule has 0 aliphatic carbocycles. The van der Waals surface area contributed by atoms with Gasteiger partial charge in [-0.2, -0.15) is 0 Å². The van der Waals surface area contributed by atoms with Gasteiger partial charge in [0.15, 0.2) is 0 Å². The molecular weight excluding hydrogens is 377 g/mol. The summed E-state index contributed by atoms with van der Waals surface area (Å²) in [6.07, 6.45) is 7.18. The minimum atomic E-state index is -0.291. The number of methoxy groups -OCH3 is 1. The Morgan fingerprint density at radius 1 is 1.29 bits per heavy atom. The summed E-state index contributed by atoms with van der Waals surface area (Å²) in [6, 6.07) is 8.06. The number of hydrogen-bond acceptors (Lipinski definition) is 3. The second-order valence-corrected chi connectivity index (χ2v) is 7.48. The first-order valence-corrected chi connectivity index (χ1v) is 9.78. The van der Waals surface area contributed by atoms with Gasteiger partial charge >= 0.3 is 0 Å². The lowest BCUT2D eigenvalue weighted by atomic mass is 10.0. The number of halogens is 2. The van der Waals surface area contributed by atoms with Gasteiger partial charge < -0.3 is 9.14 Å². The Kier molecular flexibility index (Phi) is 5.38. The zero-order valence-electron chi connectivity index (χ0n) is 16.1. The van der Waals surface area contributed by atoms with Gasteiger partial charge in [0, 0.05) is 37.6 Å². The zero-order chi connectivity index (χ0) is 19.7. The Morgan fingerprint density at radius 3 is 2.86 bits per heavy atom. The summed E-state index contributed by atoms with van der Waals surface area (Å²) in [5.41, 5.74) is 6.30. The van der Waals surface area contributed by atoms with E-state index in [1.807, 2.05) is 35.9 Å². The van der Waals surface area contributed by atoms with Crippen LogP contribution in [0.25, 0.3) is 22.5 Å². The fourth-order valence-corrected chi connectivity index (χ4v) is 3.94. The quantitative estimate of drug-likeness (QED) is 0.602. The van der Waals surface area contributed by atoms with Crippen molar-refractivity contribution in [3.05, 3.63) is 58.9 Å². The molecule has 1 aliphatic rings. The van der Waals surface area contributed by atoms with Crippen molar-refractivity contribution >= 4 is 22.8 Å². The second kappa shape index (κ2) is 7.94. The summed E-state index contributed by atoms with van der Waals surface area (Å²) < 4.78 is 19.8. The van der Waals surface area contributed by atoms with Gasteiger partial charge in [-0.15, -0.1) is 0 Å². The molecular formula is C22H23ClFN3O. The Morgan fingerprint density at radius 2 is 2.14 bits per heavy atom. The van der Waals surface area contributed by atoms with Crippen LogP contribution in [-0.2, 0) is 0 Å². The number of aromatic nitrogens is 2. The van der Waals surface area contributed by atoms with Gasteiger partial charge in [-0.05, 0) is 54.3 Å². The van der Waals surface area contributed by atoms with Gasteiger partial charge in [0.25, 0.3) is 0 Å². The van der Waals surface area contributed by atoms with Gasteiger partial charge in [-0.25, -0.2) is 9.37 Å². The van der Waals surface area contributed by atoms with Crippen LogP contribution in [0.3, 0.4) is 0 Å². The predicted molar refractivity (Wildman–Crippen MR) is 112 cm³/mol. The van der Waals surface area contributed by atoms with Crippen LogP contribution < -0.4 is 4.74 Å². The number of nitrogens with zero attached hydrogens (tertiary/aromatic N) is 3. The molecule has 0 radical (unpaired) electrons. The number of ether oxygens (including phenoxy) is 1. The Hall–Kier alpha value is -2.37. The number of hydrogen-bond donors (Lipinski definition) is 0. The van der Waals surface area contributed by atoms with Crippen LogP contribution in [0.2, 0.25) is 5.02 Å². The maximum Gasteiger partial charge on any atom is 0.138 e. The highest BCUT2D eigenvalue weighted by atomic mass is 35.5. The van der Waals surface area contributed by atoms with E-state index >= 15 is 0 Å². The van der Waals surface area contributed by atoms with E-state index in [0.717, 1.165) is 42.0 Å². The summed E-state index contributed by atoms with van der Waals surface area (Å²) in [4.78, 5) is 6.95. The van der Waals surface area contributed by atoms with E-state index in [9.17, 15) is 4.39 Å². The molecule has 4 rings (SSSR count). The van der Waals surface area contributed by atoms with Gasteiger partial charge in [0.1, 0.15) is 18.1 Å². The van der Waals surface area contributed by atoms with Gasteiger partial charge in [-0.1, -0.05) is 17.7 Å². The van der Waals surface area contributed by atoms with Crippen LogP contribution in [0, 0.1) is 6.92 Å². The van der Waals surface area contributed by atoms with E-state index in [2.05, 4.69) is 23.1 Å². The summed E-state index contributed by atoms with van der Waals surface area (Å²) in [7, 11) is 1.61. The van der Waals surface area contributed by atoms with Crippen molar-refractivity contribution in [2.75, 3.05) is 33.4 Å². The van der Waals surface area contributed by atoms with Crippen LogP contribution in [0.15, 0.2) is 42.7 Å². The van der Waals surface area contributed by atoms with Crippen molar-refractivity contribution in [1.82, 2.24) is 14.3 Å². The summed E-state index contributed by atoms with van der Waals surface area (Å²) >= 11 is 6.32. The highest BCUT2D eigenvalue weighted by Crippen LogP contribution is 2.33. The maximum atomic E-state index is 12.5. The summed E-state index contributed by atoms with van der Waals surface area (Å²) in [5, 5.41) is 0.575. The fourth-order valence-electron chi connectivity index (χ4n) is 3.69. The Balaban J connectivity index is 1.65. The molecule has 3 heterocycles. The smallest absolute Gasteiger partial charge is 0.138 e. The molecule has 1 aliphatic heterocycles. The molecule has 0 fully saturated rings. The lowest BCUT2D eigenvalue weighted by Gasteiger charge is -2.25. The normalized spacial score (nSPS) is 15.1. The third-order valence-corrected chi connectivity index (χ3v) is 5.60. The number of rotatable bonds is 5. The van der Waals surface area contributed by atoms with E-state index in [1.54, 1.807) is 7.11 Å². The zero-order valence-corrected chi connectivity index (χ0v) is 16.8. The SMILES string of the molecule is COc1cc(C)c(-c2cn3ccc(C4=CCN(CCF)CC4)cc3n2)cc1Cl. The van der Waals surface area contributed by atoms with E-state index < -0.39 is 0 Å². The molecule has 28 heavy (non-hydrogen) atoms. The van der Waals surface area contributed by atoms with Crippen molar-refractivity contribution in [1.29, 1.82) is 0 Å². The van der Waals surface area contributed by atoms with E-state index in [1.165, 1.54) is 11.1 Å². The molecule has 0 atom stereocenters. The molecule has 0 amide bonds. The fraction of sp³-hybridized carbons (Fsp3) is 0.318. The largest absolute Gasteiger partial charge is 0.495 e. The molecule has 2 aromatic heterocycles. The molecule has 6 heteroatoms. The first-order chi connectivity index (χ1) is 13.6. The average molecular weight is 400 g/mol. The Bertz CT molecular complexity index is 1040.